The highest BCUT2D eigenvalue weighted by Gasteiger charge is 2.30. The van der Waals surface area contributed by atoms with Gasteiger partial charge >= 0.3 is 0 Å². The summed E-state index contributed by atoms with van der Waals surface area (Å²) >= 11 is 0. The maximum Gasteiger partial charge on any atom is 0.133 e. The molecule has 2 aromatic carbocycles. The number of aliphatic hydroxyl groups excluding tert-OH is 1. The zero-order valence-corrected chi connectivity index (χ0v) is 17.9. The summed E-state index contributed by atoms with van der Waals surface area (Å²) in [5.74, 6) is 2.00. The first-order valence-corrected chi connectivity index (χ1v) is 10.8. The van der Waals surface area contributed by atoms with Crippen molar-refractivity contribution >= 4 is 0 Å². The van der Waals surface area contributed by atoms with Crippen molar-refractivity contribution in [2.45, 2.75) is 51.4 Å². The maximum atomic E-state index is 11.1. The van der Waals surface area contributed by atoms with Gasteiger partial charge in [-0.3, -0.25) is 4.90 Å². The van der Waals surface area contributed by atoms with Crippen LogP contribution in [-0.4, -0.2) is 33.7 Å². The second kappa shape index (κ2) is 7.56. The lowest BCUT2D eigenvalue weighted by Gasteiger charge is -2.30. The third-order valence-corrected chi connectivity index (χ3v) is 6.75. The Balaban J connectivity index is 1.43. The molecule has 1 aromatic heterocycles. The Hall–Kier alpha value is -2.63. The smallest absolute Gasteiger partial charge is 0.133 e. The van der Waals surface area contributed by atoms with Gasteiger partial charge in [-0.1, -0.05) is 24.3 Å². The Bertz CT molecular complexity index is 1070. The summed E-state index contributed by atoms with van der Waals surface area (Å²) in [5.41, 5.74) is 6.83. The highest BCUT2D eigenvalue weighted by atomic mass is 16.5. The second-order valence-electron chi connectivity index (χ2n) is 8.58. The summed E-state index contributed by atoms with van der Waals surface area (Å²) in [6.07, 6.45) is 5.81. The number of aryl methyl sites for hydroxylation is 4. The molecule has 156 valence electrons. The van der Waals surface area contributed by atoms with Crippen LogP contribution in [0.2, 0.25) is 0 Å². The molecule has 0 spiro atoms. The van der Waals surface area contributed by atoms with E-state index in [-0.39, 0.29) is 6.04 Å². The Kier molecular flexibility index (Phi) is 4.88. The van der Waals surface area contributed by atoms with Gasteiger partial charge in [-0.05, 0) is 67.6 Å². The molecule has 3 aromatic rings. The molecule has 30 heavy (non-hydrogen) atoms. The van der Waals surface area contributed by atoms with Crippen molar-refractivity contribution in [1.29, 1.82) is 0 Å². The highest BCUT2D eigenvalue weighted by molar-refractivity contribution is 5.62. The van der Waals surface area contributed by atoms with Crippen LogP contribution in [0.15, 0.2) is 42.6 Å². The number of nitrogens with zero attached hydrogens (tertiary/aromatic N) is 3. The SMILES string of the molecule is COc1cc(C(O)N(C)[C@@H]2CCc3ccc(-c4cn5c(n4)CCC5)cc32)ccc1C. The molecule has 1 aliphatic carbocycles. The summed E-state index contributed by atoms with van der Waals surface area (Å²) in [5, 5.41) is 11.1. The molecule has 0 fully saturated rings. The summed E-state index contributed by atoms with van der Waals surface area (Å²) in [7, 11) is 3.68. The zero-order chi connectivity index (χ0) is 20.8. The minimum Gasteiger partial charge on any atom is -0.496 e. The summed E-state index contributed by atoms with van der Waals surface area (Å²) in [4.78, 5) is 6.93. The molecule has 5 rings (SSSR count). The molecule has 1 aliphatic heterocycles. The molecule has 5 heteroatoms. The van der Waals surface area contributed by atoms with Gasteiger partial charge in [0.1, 0.15) is 17.8 Å². The van der Waals surface area contributed by atoms with Crippen LogP contribution < -0.4 is 4.74 Å². The molecule has 0 amide bonds. The van der Waals surface area contributed by atoms with E-state index in [0.717, 1.165) is 48.4 Å². The van der Waals surface area contributed by atoms with E-state index in [0.29, 0.717) is 0 Å². The second-order valence-corrected chi connectivity index (χ2v) is 8.58. The molecule has 0 saturated heterocycles. The fraction of sp³-hybridized carbons (Fsp3) is 0.400. The summed E-state index contributed by atoms with van der Waals surface area (Å²) in [6.45, 7) is 3.09. The fourth-order valence-corrected chi connectivity index (χ4v) is 4.96. The minimum absolute atomic E-state index is 0.178. The number of imidazole rings is 1. The lowest BCUT2D eigenvalue weighted by Crippen LogP contribution is -2.28. The first-order valence-electron chi connectivity index (χ1n) is 10.8. The molecular weight excluding hydrogens is 374 g/mol. The number of fused-ring (bicyclic) bond motifs is 2. The van der Waals surface area contributed by atoms with Crippen molar-refractivity contribution in [1.82, 2.24) is 14.5 Å². The van der Waals surface area contributed by atoms with Gasteiger partial charge in [0, 0.05) is 30.8 Å². The van der Waals surface area contributed by atoms with Crippen LogP contribution in [0, 0.1) is 6.92 Å². The predicted molar refractivity (Wildman–Crippen MR) is 117 cm³/mol. The van der Waals surface area contributed by atoms with E-state index in [2.05, 4.69) is 33.9 Å². The third kappa shape index (κ3) is 3.22. The van der Waals surface area contributed by atoms with Crippen molar-refractivity contribution in [3.05, 3.63) is 70.7 Å². The molecule has 0 saturated carbocycles. The highest BCUT2D eigenvalue weighted by Crippen LogP contribution is 2.40. The molecule has 2 atom stereocenters. The topological polar surface area (TPSA) is 50.5 Å². The van der Waals surface area contributed by atoms with Crippen molar-refractivity contribution in [3.63, 3.8) is 0 Å². The molecule has 1 unspecified atom stereocenters. The molecule has 0 bridgehead atoms. The maximum absolute atomic E-state index is 11.1. The monoisotopic (exact) mass is 403 g/mol. The Labute approximate surface area is 177 Å². The quantitative estimate of drug-likeness (QED) is 0.641. The summed E-state index contributed by atoms with van der Waals surface area (Å²) < 4.78 is 7.73. The van der Waals surface area contributed by atoms with Crippen LogP contribution in [0.4, 0.5) is 0 Å². The van der Waals surface area contributed by atoms with E-state index in [1.54, 1.807) is 7.11 Å². The fourth-order valence-electron chi connectivity index (χ4n) is 4.96. The van der Waals surface area contributed by atoms with Gasteiger partial charge in [-0.15, -0.1) is 0 Å². The third-order valence-electron chi connectivity index (χ3n) is 6.75. The normalized spacial score (nSPS) is 18.5. The van der Waals surface area contributed by atoms with E-state index in [1.807, 2.05) is 32.2 Å². The summed E-state index contributed by atoms with van der Waals surface area (Å²) in [6, 6.07) is 12.8. The van der Waals surface area contributed by atoms with E-state index >= 15 is 0 Å². The minimum atomic E-state index is -0.685. The van der Waals surface area contributed by atoms with Gasteiger partial charge < -0.3 is 14.4 Å². The zero-order valence-electron chi connectivity index (χ0n) is 17.9. The van der Waals surface area contributed by atoms with Gasteiger partial charge in [0.05, 0.1) is 12.8 Å². The van der Waals surface area contributed by atoms with E-state index in [1.165, 1.54) is 28.9 Å². The average molecular weight is 404 g/mol. The Morgan fingerprint density at radius 3 is 2.87 bits per heavy atom. The number of ether oxygens (including phenoxy) is 1. The number of benzene rings is 2. The lowest BCUT2D eigenvalue weighted by molar-refractivity contribution is -0.00885. The number of hydrogen-bond acceptors (Lipinski definition) is 4. The van der Waals surface area contributed by atoms with Crippen molar-refractivity contribution in [2.24, 2.45) is 0 Å². The van der Waals surface area contributed by atoms with Crippen molar-refractivity contribution < 1.29 is 9.84 Å². The predicted octanol–water partition coefficient (Wildman–Crippen LogP) is 4.42. The van der Waals surface area contributed by atoms with Crippen LogP contribution >= 0.6 is 0 Å². The van der Waals surface area contributed by atoms with Gasteiger partial charge in [0.15, 0.2) is 0 Å². The van der Waals surface area contributed by atoms with Gasteiger partial charge in [-0.2, -0.15) is 0 Å². The van der Waals surface area contributed by atoms with Crippen molar-refractivity contribution in [2.75, 3.05) is 14.2 Å². The van der Waals surface area contributed by atoms with Crippen LogP contribution in [0.25, 0.3) is 11.3 Å². The molecular formula is C25H29N3O2. The molecule has 0 radical (unpaired) electrons. The molecule has 2 heterocycles. The van der Waals surface area contributed by atoms with Crippen LogP contribution in [0.1, 0.15) is 53.2 Å². The number of aliphatic hydroxyl groups is 1. The standard InChI is InChI=1S/C25H29N3O2/c1-16-6-7-19(14-23(16)30-3)25(29)27(2)22-11-10-17-8-9-18(13-20(17)22)21-15-28-12-4-5-24(28)26-21/h6-9,13-15,22,25,29H,4-5,10-12H2,1-3H3/t22-,25?/m1/s1. The number of methoxy groups -OCH3 is 1. The number of hydrogen-bond donors (Lipinski definition) is 1. The van der Waals surface area contributed by atoms with Gasteiger partial charge in [-0.25, -0.2) is 4.98 Å². The molecule has 5 nitrogen and oxygen atoms in total. The van der Waals surface area contributed by atoms with Crippen LogP contribution in [0.3, 0.4) is 0 Å². The number of rotatable bonds is 5. The van der Waals surface area contributed by atoms with E-state index in [4.69, 9.17) is 9.72 Å². The molecule has 2 aliphatic rings. The lowest BCUT2D eigenvalue weighted by atomic mass is 10.0. The van der Waals surface area contributed by atoms with Crippen LogP contribution in [-0.2, 0) is 19.4 Å². The number of aromatic nitrogens is 2. The largest absolute Gasteiger partial charge is 0.496 e. The van der Waals surface area contributed by atoms with Gasteiger partial charge in [0.25, 0.3) is 0 Å². The van der Waals surface area contributed by atoms with Crippen LogP contribution in [0.5, 0.6) is 5.75 Å². The first-order chi connectivity index (χ1) is 14.5. The van der Waals surface area contributed by atoms with E-state index in [9.17, 15) is 5.11 Å². The first kappa shape index (κ1) is 19.3. The Morgan fingerprint density at radius 2 is 2.07 bits per heavy atom. The van der Waals surface area contributed by atoms with Crippen molar-refractivity contribution in [3.8, 4) is 17.0 Å². The Morgan fingerprint density at radius 1 is 1.20 bits per heavy atom. The van der Waals surface area contributed by atoms with Gasteiger partial charge in [0.2, 0.25) is 0 Å². The average Bonchev–Trinajstić information content (AvgIpc) is 3.47. The van der Waals surface area contributed by atoms with E-state index < -0.39 is 6.23 Å². The molecule has 1 N–H and O–H groups in total.